The molecule has 0 bridgehead atoms. The lowest BCUT2D eigenvalue weighted by atomic mass is 10.2. The van der Waals surface area contributed by atoms with Gasteiger partial charge in [-0.3, -0.25) is 4.79 Å². The van der Waals surface area contributed by atoms with Gasteiger partial charge in [-0.1, -0.05) is 0 Å². The zero-order valence-corrected chi connectivity index (χ0v) is 12.9. The van der Waals surface area contributed by atoms with Crippen molar-refractivity contribution in [3.63, 3.8) is 0 Å². The molecule has 1 N–H and O–H groups in total. The normalized spacial score (nSPS) is 17.4. The molecule has 0 saturated heterocycles. The SMILES string of the molecule is CCOC(=NC(=O)C(C)NC(=O)OC(C)(C)C)C1CC1. The highest BCUT2D eigenvalue weighted by Gasteiger charge is 2.30. The number of amides is 2. The summed E-state index contributed by atoms with van der Waals surface area (Å²) in [5.41, 5.74) is -0.597. The van der Waals surface area contributed by atoms with Crippen molar-refractivity contribution in [3.05, 3.63) is 0 Å². The molecule has 0 aromatic rings. The fraction of sp³-hybridized carbons (Fsp3) is 0.786. The van der Waals surface area contributed by atoms with Crippen LogP contribution in [0.1, 0.15) is 47.5 Å². The van der Waals surface area contributed by atoms with Crippen molar-refractivity contribution in [2.75, 3.05) is 6.61 Å². The van der Waals surface area contributed by atoms with E-state index in [4.69, 9.17) is 9.47 Å². The highest BCUT2D eigenvalue weighted by molar-refractivity contribution is 5.96. The second-order valence-corrected chi connectivity index (χ2v) is 5.86. The van der Waals surface area contributed by atoms with Crippen LogP contribution in [-0.2, 0) is 14.3 Å². The molecule has 0 radical (unpaired) electrons. The lowest BCUT2D eigenvalue weighted by molar-refractivity contribution is -0.119. The molecular formula is C14H24N2O4. The largest absolute Gasteiger partial charge is 0.481 e. The fourth-order valence-corrected chi connectivity index (χ4v) is 1.47. The number of carbonyl (C=O) groups is 2. The zero-order valence-electron chi connectivity index (χ0n) is 12.9. The van der Waals surface area contributed by atoms with Crippen LogP contribution in [-0.4, -0.2) is 36.1 Å². The van der Waals surface area contributed by atoms with Gasteiger partial charge in [-0.25, -0.2) is 4.79 Å². The summed E-state index contributed by atoms with van der Waals surface area (Å²) in [6, 6.07) is -0.737. The average molecular weight is 284 g/mol. The van der Waals surface area contributed by atoms with Gasteiger partial charge < -0.3 is 14.8 Å². The van der Waals surface area contributed by atoms with Crippen LogP contribution >= 0.6 is 0 Å². The van der Waals surface area contributed by atoms with Crippen LogP contribution in [0, 0.1) is 5.92 Å². The third-order valence-corrected chi connectivity index (χ3v) is 2.54. The molecule has 6 nitrogen and oxygen atoms in total. The van der Waals surface area contributed by atoms with Crippen molar-refractivity contribution in [2.24, 2.45) is 10.9 Å². The molecule has 0 aromatic heterocycles. The van der Waals surface area contributed by atoms with E-state index in [1.807, 2.05) is 6.92 Å². The van der Waals surface area contributed by atoms with E-state index < -0.39 is 23.6 Å². The van der Waals surface area contributed by atoms with Crippen molar-refractivity contribution < 1.29 is 19.1 Å². The molecule has 0 heterocycles. The van der Waals surface area contributed by atoms with E-state index in [0.717, 1.165) is 12.8 Å². The number of carbonyl (C=O) groups excluding carboxylic acids is 2. The first-order valence-electron chi connectivity index (χ1n) is 6.97. The second-order valence-electron chi connectivity index (χ2n) is 5.86. The maximum absolute atomic E-state index is 11.9. The van der Waals surface area contributed by atoms with Crippen molar-refractivity contribution in [2.45, 2.75) is 59.1 Å². The maximum Gasteiger partial charge on any atom is 0.408 e. The van der Waals surface area contributed by atoms with Crippen LogP contribution in [0.5, 0.6) is 0 Å². The monoisotopic (exact) mass is 284 g/mol. The van der Waals surface area contributed by atoms with Crippen molar-refractivity contribution in [1.29, 1.82) is 0 Å². The highest BCUT2D eigenvalue weighted by atomic mass is 16.6. The van der Waals surface area contributed by atoms with Crippen LogP contribution in [0.25, 0.3) is 0 Å². The van der Waals surface area contributed by atoms with Crippen LogP contribution in [0.4, 0.5) is 4.79 Å². The van der Waals surface area contributed by atoms with Gasteiger partial charge in [0, 0.05) is 5.92 Å². The lowest BCUT2D eigenvalue weighted by Crippen LogP contribution is -2.41. The summed E-state index contributed by atoms with van der Waals surface area (Å²) < 4.78 is 10.4. The Balaban J connectivity index is 2.53. The van der Waals surface area contributed by atoms with Crippen molar-refractivity contribution in [3.8, 4) is 0 Å². The summed E-state index contributed by atoms with van der Waals surface area (Å²) in [5.74, 6) is 0.314. The molecule has 0 spiro atoms. The molecule has 1 aliphatic rings. The van der Waals surface area contributed by atoms with E-state index in [0.29, 0.717) is 12.5 Å². The minimum absolute atomic E-state index is 0.257. The fourth-order valence-electron chi connectivity index (χ4n) is 1.47. The van der Waals surface area contributed by atoms with Crippen LogP contribution in [0.2, 0.25) is 0 Å². The Labute approximate surface area is 119 Å². The van der Waals surface area contributed by atoms with E-state index in [2.05, 4.69) is 10.3 Å². The highest BCUT2D eigenvalue weighted by Crippen LogP contribution is 2.31. The molecule has 1 saturated carbocycles. The number of nitrogens with one attached hydrogen (secondary N) is 1. The Bertz CT molecular complexity index is 394. The van der Waals surface area contributed by atoms with E-state index in [9.17, 15) is 9.59 Å². The van der Waals surface area contributed by atoms with E-state index in [1.54, 1.807) is 27.7 Å². The smallest absolute Gasteiger partial charge is 0.408 e. The Hall–Kier alpha value is -1.59. The Morgan fingerprint density at radius 1 is 1.35 bits per heavy atom. The summed E-state index contributed by atoms with van der Waals surface area (Å²) in [5, 5.41) is 2.47. The summed E-state index contributed by atoms with van der Waals surface area (Å²) in [6.45, 7) is 9.19. The molecule has 2 amide bonds. The number of nitrogens with zero attached hydrogens (tertiary/aromatic N) is 1. The van der Waals surface area contributed by atoms with Gasteiger partial charge in [0.05, 0.1) is 6.61 Å². The molecule has 0 aromatic carbocycles. The third-order valence-electron chi connectivity index (χ3n) is 2.54. The van der Waals surface area contributed by atoms with Gasteiger partial charge in [0.1, 0.15) is 11.6 Å². The lowest BCUT2D eigenvalue weighted by Gasteiger charge is -2.21. The quantitative estimate of drug-likeness (QED) is 0.634. The molecule has 20 heavy (non-hydrogen) atoms. The van der Waals surface area contributed by atoms with E-state index >= 15 is 0 Å². The van der Waals surface area contributed by atoms with Gasteiger partial charge >= 0.3 is 6.09 Å². The minimum atomic E-state index is -0.737. The topological polar surface area (TPSA) is 77.0 Å². The van der Waals surface area contributed by atoms with Gasteiger partial charge in [0.25, 0.3) is 5.91 Å². The van der Waals surface area contributed by atoms with Crippen LogP contribution in [0.3, 0.4) is 0 Å². The molecule has 1 rings (SSSR count). The van der Waals surface area contributed by atoms with Crippen LogP contribution in [0.15, 0.2) is 4.99 Å². The van der Waals surface area contributed by atoms with Crippen molar-refractivity contribution in [1.82, 2.24) is 5.32 Å². The number of hydrogen-bond acceptors (Lipinski definition) is 4. The number of alkyl carbamates (subject to hydrolysis) is 1. The third kappa shape index (κ3) is 6.04. The Morgan fingerprint density at radius 3 is 2.40 bits per heavy atom. The minimum Gasteiger partial charge on any atom is -0.481 e. The van der Waals surface area contributed by atoms with E-state index in [1.165, 1.54) is 0 Å². The average Bonchev–Trinajstić information content (AvgIpc) is 3.08. The standard InChI is InChI=1S/C14H24N2O4/c1-6-19-12(10-7-8-10)16-11(17)9(2)15-13(18)20-14(3,4)5/h9-10H,6-8H2,1-5H3,(H,15,18). The van der Waals surface area contributed by atoms with Crippen LogP contribution < -0.4 is 5.32 Å². The molecule has 1 unspecified atom stereocenters. The van der Waals surface area contributed by atoms with E-state index in [-0.39, 0.29) is 5.92 Å². The summed E-state index contributed by atoms with van der Waals surface area (Å²) in [7, 11) is 0. The number of hydrogen-bond donors (Lipinski definition) is 1. The van der Waals surface area contributed by atoms with Gasteiger partial charge in [-0.05, 0) is 47.5 Å². The summed E-state index contributed by atoms with van der Waals surface area (Å²) in [4.78, 5) is 27.5. The molecular weight excluding hydrogens is 260 g/mol. The molecule has 1 atom stereocenters. The predicted octanol–water partition coefficient (Wildman–Crippen LogP) is 2.27. The molecule has 6 heteroatoms. The zero-order chi connectivity index (χ0) is 15.3. The Morgan fingerprint density at radius 2 is 1.95 bits per heavy atom. The Kier molecular flexibility index (Phi) is 5.53. The van der Waals surface area contributed by atoms with Gasteiger partial charge in [0.15, 0.2) is 5.90 Å². The van der Waals surface area contributed by atoms with Gasteiger partial charge in [0.2, 0.25) is 0 Å². The number of ether oxygens (including phenoxy) is 2. The first-order chi connectivity index (χ1) is 9.23. The summed E-state index contributed by atoms with van der Waals surface area (Å²) >= 11 is 0. The predicted molar refractivity (Wildman–Crippen MR) is 75.6 cm³/mol. The van der Waals surface area contributed by atoms with Gasteiger partial charge in [-0.15, -0.1) is 0 Å². The molecule has 114 valence electrons. The molecule has 1 fully saturated rings. The maximum atomic E-state index is 11.9. The number of aliphatic imine (C=N–C) groups is 1. The second kappa shape index (κ2) is 6.72. The van der Waals surface area contributed by atoms with Gasteiger partial charge in [-0.2, -0.15) is 4.99 Å². The first kappa shape index (κ1) is 16.5. The molecule has 1 aliphatic carbocycles. The number of rotatable bonds is 4. The molecule has 0 aliphatic heterocycles. The van der Waals surface area contributed by atoms with Crippen molar-refractivity contribution >= 4 is 17.9 Å². The first-order valence-corrected chi connectivity index (χ1v) is 6.97. The summed E-state index contributed by atoms with van der Waals surface area (Å²) in [6.07, 6.45) is 1.37.